The summed E-state index contributed by atoms with van der Waals surface area (Å²) in [6.45, 7) is 5.82. The molecule has 1 aromatic carbocycles. The summed E-state index contributed by atoms with van der Waals surface area (Å²) in [6.07, 6.45) is 6.39. The van der Waals surface area contributed by atoms with Crippen molar-refractivity contribution in [3.63, 3.8) is 0 Å². The Morgan fingerprint density at radius 1 is 1.23 bits per heavy atom. The van der Waals surface area contributed by atoms with Crippen LogP contribution >= 0.6 is 24.0 Å². The number of rotatable bonds is 8. The van der Waals surface area contributed by atoms with Crippen molar-refractivity contribution in [1.82, 2.24) is 10.6 Å². The van der Waals surface area contributed by atoms with E-state index < -0.39 is 10.8 Å². The fraction of sp³-hybridized carbons (Fsp3) is 0.650. The van der Waals surface area contributed by atoms with Crippen molar-refractivity contribution in [3.05, 3.63) is 35.9 Å². The van der Waals surface area contributed by atoms with Crippen LogP contribution in [0.4, 0.5) is 0 Å². The highest BCUT2D eigenvalue weighted by molar-refractivity contribution is 14.0. The molecule has 0 aliphatic heterocycles. The van der Waals surface area contributed by atoms with E-state index in [0.717, 1.165) is 24.0 Å². The summed E-state index contributed by atoms with van der Waals surface area (Å²) in [7, 11) is -0.868. The molecule has 4 nitrogen and oxygen atoms in total. The van der Waals surface area contributed by atoms with E-state index in [1.54, 1.807) is 0 Å². The third kappa shape index (κ3) is 8.84. The minimum absolute atomic E-state index is 0. The molecule has 2 rings (SSSR count). The molecule has 1 aliphatic carbocycles. The topological polar surface area (TPSA) is 53.5 Å². The van der Waals surface area contributed by atoms with Gasteiger partial charge in [0.05, 0.1) is 6.54 Å². The van der Waals surface area contributed by atoms with Crippen molar-refractivity contribution in [2.75, 3.05) is 18.8 Å². The van der Waals surface area contributed by atoms with Crippen molar-refractivity contribution in [2.45, 2.75) is 57.7 Å². The summed E-state index contributed by atoms with van der Waals surface area (Å²) in [4.78, 5) is 4.64. The van der Waals surface area contributed by atoms with Gasteiger partial charge in [0.2, 0.25) is 0 Å². The number of halogens is 1. The quantitative estimate of drug-likeness (QED) is 0.328. The second kappa shape index (κ2) is 13.5. The molecule has 0 aromatic heterocycles. The van der Waals surface area contributed by atoms with Crippen LogP contribution in [-0.4, -0.2) is 35.1 Å². The second-order valence-electron chi connectivity index (χ2n) is 6.82. The number of nitrogens with zero attached hydrogens (tertiary/aromatic N) is 1. The van der Waals surface area contributed by atoms with E-state index in [1.807, 2.05) is 30.3 Å². The molecule has 1 saturated carbocycles. The zero-order chi connectivity index (χ0) is 17.9. The lowest BCUT2D eigenvalue weighted by molar-refractivity contribution is 0.298. The first-order valence-corrected chi connectivity index (χ1v) is 11.1. The smallest absolute Gasteiger partial charge is 0.191 e. The Bertz CT molecular complexity index is 553. The van der Waals surface area contributed by atoms with E-state index in [1.165, 1.54) is 32.1 Å². The summed E-state index contributed by atoms with van der Waals surface area (Å²) in [5, 5.41) is 6.91. The van der Waals surface area contributed by atoms with E-state index in [9.17, 15) is 4.21 Å². The van der Waals surface area contributed by atoms with Crippen LogP contribution in [0.25, 0.3) is 0 Å². The van der Waals surface area contributed by atoms with Gasteiger partial charge >= 0.3 is 0 Å². The van der Waals surface area contributed by atoms with Crippen molar-refractivity contribution in [1.29, 1.82) is 0 Å². The van der Waals surface area contributed by atoms with Gasteiger partial charge in [0.25, 0.3) is 0 Å². The number of hydrogen-bond acceptors (Lipinski definition) is 2. The number of guanidine groups is 1. The van der Waals surface area contributed by atoms with Crippen LogP contribution in [0, 0.1) is 5.92 Å². The van der Waals surface area contributed by atoms with Gasteiger partial charge in [-0.25, -0.2) is 0 Å². The third-order valence-electron chi connectivity index (χ3n) is 4.80. The van der Waals surface area contributed by atoms with Crippen LogP contribution in [0.5, 0.6) is 0 Å². The van der Waals surface area contributed by atoms with Gasteiger partial charge < -0.3 is 10.6 Å². The summed E-state index contributed by atoms with van der Waals surface area (Å²) in [5.74, 6) is 2.93. The number of nitrogens with one attached hydrogen (secondary N) is 2. The fourth-order valence-corrected chi connectivity index (χ4v) is 4.40. The molecule has 0 bridgehead atoms. The zero-order valence-electron chi connectivity index (χ0n) is 16.1. The van der Waals surface area contributed by atoms with E-state index in [2.05, 4.69) is 29.5 Å². The van der Waals surface area contributed by atoms with Crippen LogP contribution in [-0.2, 0) is 16.6 Å². The number of aliphatic imine (C=N–C) groups is 1. The Kier molecular flexibility index (Phi) is 12.2. The molecule has 0 radical (unpaired) electrons. The fourth-order valence-electron chi connectivity index (χ4n) is 3.40. The second-order valence-corrected chi connectivity index (χ2v) is 8.39. The molecule has 0 spiro atoms. The monoisotopic (exact) mass is 491 g/mol. The SMILES string of the molecule is CCNC(=NCCS(=O)Cc1ccccc1)NC1CCCC(CC)C1.I. The molecule has 148 valence electrons. The average Bonchev–Trinajstić information content (AvgIpc) is 2.63. The molecule has 0 amide bonds. The van der Waals surface area contributed by atoms with Crippen LogP contribution in [0.2, 0.25) is 0 Å². The van der Waals surface area contributed by atoms with Gasteiger partial charge in [-0.1, -0.05) is 56.5 Å². The first-order valence-electron chi connectivity index (χ1n) is 9.65. The lowest BCUT2D eigenvalue weighted by Crippen LogP contribution is -2.45. The lowest BCUT2D eigenvalue weighted by Gasteiger charge is -2.30. The van der Waals surface area contributed by atoms with Gasteiger partial charge in [-0.3, -0.25) is 9.20 Å². The Morgan fingerprint density at radius 2 is 2.00 bits per heavy atom. The van der Waals surface area contributed by atoms with Gasteiger partial charge in [-0.05, 0) is 31.2 Å². The molecule has 1 fully saturated rings. The van der Waals surface area contributed by atoms with Crippen molar-refractivity contribution in [2.24, 2.45) is 10.9 Å². The first kappa shape index (κ1) is 23.4. The minimum Gasteiger partial charge on any atom is -0.357 e. The van der Waals surface area contributed by atoms with Crippen molar-refractivity contribution < 1.29 is 4.21 Å². The summed E-state index contributed by atoms with van der Waals surface area (Å²) in [6, 6.07) is 10.5. The maximum Gasteiger partial charge on any atom is 0.191 e. The molecule has 1 aromatic rings. The molecule has 1 aliphatic rings. The van der Waals surface area contributed by atoms with Gasteiger partial charge in [-0.2, -0.15) is 0 Å². The van der Waals surface area contributed by atoms with E-state index in [0.29, 0.717) is 24.1 Å². The highest BCUT2D eigenvalue weighted by atomic mass is 127. The lowest BCUT2D eigenvalue weighted by atomic mass is 9.84. The largest absolute Gasteiger partial charge is 0.357 e. The molecule has 3 atom stereocenters. The zero-order valence-corrected chi connectivity index (χ0v) is 19.2. The molecular weight excluding hydrogens is 457 g/mol. The maximum absolute atomic E-state index is 12.2. The highest BCUT2D eigenvalue weighted by Gasteiger charge is 2.21. The Labute approximate surface area is 178 Å². The van der Waals surface area contributed by atoms with Crippen LogP contribution in [0.1, 0.15) is 51.5 Å². The summed E-state index contributed by atoms with van der Waals surface area (Å²) >= 11 is 0. The van der Waals surface area contributed by atoms with E-state index in [4.69, 9.17) is 0 Å². The maximum atomic E-state index is 12.2. The van der Waals surface area contributed by atoms with Gasteiger partial charge in [0.15, 0.2) is 5.96 Å². The van der Waals surface area contributed by atoms with Gasteiger partial charge in [0, 0.05) is 34.9 Å². The first-order chi connectivity index (χ1) is 12.2. The molecule has 3 unspecified atom stereocenters. The summed E-state index contributed by atoms with van der Waals surface area (Å²) < 4.78 is 12.2. The van der Waals surface area contributed by atoms with E-state index in [-0.39, 0.29) is 24.0 Å². The van der Waals surface area contributed by atoms with E-state index >= 15 is 0 Å². The van der Waals surface area contributed by atoms with Gasteiger partial charge in [-0.15, -0.1) is 24.0 Å². The van der Waals surface area contributed by atoms with Crippen molar-refractivity contribution >= 4 is 40.7 Å². The molecule has 2 N–H and O–H groups in total. The van der Waals surface area contributed by atoms with Crippen LogP contribution < -0.4 is 10.6 Å². The Morgan fingerprint density at radius 3 is 2.69 bits per heavy atom. The van der Waals surface area contributed by atoms with Crippen molar-refractivity contribution in [3.8, 4) is 0 Å². The average molecular weight is 491 g/mol. The predicted octanol–water partition coefficient (Wildman–Crippen LogP) is 4.08. The van der Waals surface area contributed by atoms with Gasteiger partial charge in [0.1, 0.15) is 0 Å². The predicted molar refractivity (Wildman–Crippen MR) is 124 cm³/mol. The number of benzene rings is 1. The highest BCUT2D eigenvalue weighted by Crippen LogP contribution is 2.26. The Balaban J connectivity index is 0.00000338. The molecule has 0 saturated heterocycles. The van der Waals surface area contributed by atoms with Crippen LogP contribution in [0.3, 0.4) is 0 Å². The standard InChI is InChI=1S/C20H33N3OS.HI/c1-3-17-11-8-12-19(15-17)23-20(21-4-2)22-13-14-25(24)16-18-9-6-5-7-10-18;/h5-7,9-10,17,19H,3-4,8,11-16H2,1-2H3,(H2,21,22,23);1H. The Hall–Kier alpha value is -0.630. The third-order valence-corrected chi connectivity index (χ3v) is 6.10. The number of hydrogen-bond donors (Lipinski definition) is 2. The normalized spacial score (nSPS) is 21.5. The minimum atomic E-state index is -0.868. The molecule has 6 heteroatoms. The van der Waals surface area contributed by atoms with Crippen LogP contribution in [0.15, 0.2) is 35.3 Å². The molecular formula is C20H34IN3OS. The summed E-state index contributed by atoms with van der Waals surface area (Å²) in [5.41, 5.74) is 1.13. The molecule has 26 heavy (non-hydrogen) atoms. The molecule has 0 heterocycles.